The van der Waals surface area contributed by atoms with Crippen LogP contribution in [0.1, 0.15) is 88.1 Å². The predicted octanol–water partition coefficient (Wildman–Crippen LogP) is 3.60. The lowest BCUT2D eigenvalue weighted by Crippen LogP contribution is -2.56. The summed E-state index contributed by atoms with van der Waals surface area (Å²) in [4.78, 5) is 53.7. The number of nitrogens with one attached hydrogen (secondary N) is 5. The number of rotatable bonds is 13. The number of fused-ring (bicyclic) bond motifs is 1. The van der Waals surface area contributed by atoms with Gasteiger partial charge in [0.05, 0.1) is 4.90 Å². The highest BCUT2D eigenvalue weighted by Crippen LogP contribution is 2.43. The Balaban J connectivity index is 1.35. The van der Waals surface area contributed by atoms with E-state index in [1.807, 2.05) is 51.1 Å². The van der Waals surface area contributed by atoms with Gasteiger partial charge in [0.15, 0.2) is 0 Å². The smallest absolute Gasteiger partial charge is 0.408 e. The number of alkyl carbamates (subject to hydrolysis) is 1. The maximum absolute atomic E-state index is 13.9. The summed E-state index contributed by atoms with van der Waals surface area (Å²) in [6.07, 6.45) is 0.855. The molecule has 6 N–H and O–H groups in total. The fraction of sp³-hybridized carbons (Fsp3) is 0.553. The van der Waals surface area contributed by atoms with Crippen LogP contribution in [0.15, 0.2) is 35.2 Å². The number of nitrogens with zero attached hydrogens (tertiary/aromatic N) is 1. The van der Waals surface area contributed by atoms with E-state index in [1.54, 1.807) is 34.6 Å². The van der Waals surface area contributed by atoms with E-state index >= 15 is 0 Å². The van der Waals surface area contributed by atoms with Crippen LogP contribution in [0.3, 0.4) is 0 Å². The summed E-state index contributed by atoms with van der Waals surface area (Å²) in [6, 6.07) is 5.80. The molecule has 0 aromatic heterocycles. The van der Waals surface area contributed by atoms with Crippen molar-refractivity contribution in [3.8, 4) is 5.75 Å². The molecule has 0 bridgehead atoms. The molecular weight excluding hydrogens is 717 g/mol. The Hall–Kier alpha value is -4.86. The number of carboxylic acids is 1. The van der Waals surface area contributed by atoms with Crippen LogP contribution in [0.2, 0.25) is 0 Å². The number of ether oxygens (including phenoxy) is 2. The van der Waals surface area contributed by atoms with Gasteiger partial charge >= 0.3 is 12.1 Å². The van der Waals surface area contributed by atoms with Crippen molar-refractivity contribution in [2.75, 3.05) is 13.1 Å². The Kier molecular flexibility index (Phi) is 12.9. The van der Waals surface area contributed by atoms with Crippen LogP contribution in [0.4, 0.5) is 4.79 Å². The summed E-state index contributed by atoms with van der Waals surface area (Å²) in [6.45, 7) is 14.5. The van der Waals surface area contributed by atoms with Gasteiger partial charge in [-0.3, -0.25) is 15.0 Å². The Bertz CT molecular complexity index is 1880. The molecule has 15 nitrogen and oxygen atoms in total. The minimum Gasteiger partial charge on any atom is -0.487 e. The van der Waals surface area contributed by atoms with Gasteiger partial charge < -0.3 is 35.4 Å². The molecule has 0 aliphatic carbocycles. The van der Waals surface area contributed by atoms with Crippen molar-refractivity contribution in [3.63, 3.8) is 0 Å². The van der Waals surface area contributed by atoms with E-state index in [9.17, 15) is 32.7 Å². The third kappa shape index (κ3) is 10.4. The van der Waals surface area contributed by atoms with E-state index < -0.39 is 69.2 Å². The molecule has 1 fully saturated rings. The fourth-order valence-corrected chi connectivity index (χ4v) is 8.44. The minimum atomic E-state index is -4.15. The van der Waals surface area contributed by atoms with Crippen molar-refractivity contribution >= 4 is 39.9 Å². The number of hydrogen-bond acceptors (Lipinski definition) is 9. The Morgan fingerprint density at radius 2 is 1.70 bits per heavy atom. The minimum absolute atomic E-state index is 0.0375. The first-order valence-corrected chi connectivity index (χ1v) is 19.6. The Labute approximate surface area is 317 Å². The van der Waals surface area contributed by atoms with Gasteiger partial charge in [-0.15, -0.1) is 0 Å². The molecule has 2 aliphatic rings. The molecule has 4 rings (SSSR count). The summed E-state index contributed by atoms with van der Waals surface area (Å²) in [7, 11) is -4.15. The van der Waals surface area contributed by atoms with E-state index in [-0.39, 0.29) is 37.2 Å². The number of carbonyl (C=O) groups excluding carboxylic acids is 3. The summed E-state index contributed by atoms with van der Waals surface area (Å²) >= 11 is 0. The number of benzene rings is 2. The lowest BCUT2D eigenvalue weighted by atomic mass is 9.94. The highest BCUT2D eigenvalue weighted by molar-refractivity contribution is 7.90. The second kappa shape index (κ2) is 16.7. The largest absolute Gasteiger partial charge is 0.487 e. The molecule has 16 heteroatoms. The van der Waals surface area contributed by atoms with E-state index in [0.29, 0.717) is 36.1 Å². The highest BCUT2D eigenvalue weighted by atomic mass is 32.2. The Morgan fingerprint density at radius 3 is 2.33 bits per heavy atom. The topological polar surface area (TPSA) is 216 Å². The molecule has 0 saturated carbocycles. The van der Waals surface area contributed by atoms with Gasteiger partial charge in [-0.1, -0.05) is 30.3 Å². The van der Waals surface area contributed by atoms with Crippen molar-refractivity contribution in [2.24, 2.45) is 0 Å². The van der Waals surface area contributed by atoms with Crippen LogP contribution < -0.4 is 25.4 Å². The first-order chi connectivity index (χ1) is 25.1. The van der Waals surface area contributed by atoms with Crippen LogP contribution in [0.5, 0.6) is 5.75 Å². The van der Waals surface area contributed by atoms with E-state index in [2.05, 4.69) is 20.7 Å². The first kappa shape index (κ1) is 41.9. The number of likely N-dealkylation sites (tertiary alicyclic amines) is 1. The van der Waals surface area contributed by atoms with Crippen molar-refractivity contribution in [3.05, 3.63) is 58.1 Å². The second-order valence-corrected chi connectivity index (χ2v) is 17.2. The summed E-state index contributed by atoms with van der Waals surface area (Å²) < 4.78 is 40.7. The van der Waals surface area contributed by atoms with Crippen LogP contribution in [0, 0.1) is 26.2 Å². The van der Waals surface area contributed by atoms with Gasteiger partial charge in [0.1, 0.15) is 35.1 Å². The molecule has 2 heterocycles. The van der Waals surface area contributed by atoms with Gasteiger partial charge in [0, 0.05) is 31.5 Å². The zero-order valence-electron chi connectivity index (χ0n) is 32.3. The van der Waals surface area contributed by atoms with Crippen LogP contribution in [-0.2, 0) is 42.0 Å². The molecule has 0 unspecified atom stereocenters. The van der Waals surface area contributed by atoms with Gasteiger partial charge in [-0.2, -0.15) is 0 Å². The summed E-state index contributed by atoms with van der Waals surface area (Å²) in [5, 5.41) is 26.1. The number of sulfonamides is 1. The lowest BCUT2D eigenvalue weighted by molar-refractivity contribution is -0.144. The molecule has 0 radical (unpaired) electrons. The lowest BCUT2D eigenvalue weighted by Gasteiger charge is -2.30. The second-order valence-electron chi connectivity index (χ2n) is 15.6. The van der Waals surface area contributed by atoms with Gasteiger partial charge in [0.2, 0.25) is 17.8 Å². The van der Waals surface area contributed by atoms with Crippen molar-refractivity contribution < 1.29 is 42.2 Å². The third-order valence-electron chi connectivity index (χ3n) is 9.49. The van der Waals surface area contributed by atoms with E-state index in [4.69, 9.17) is 14.9 Å². The number of hydrogen-bond donors (Lipinski definition) is 6. The van der Waals surface area contributed by atoms with Crippen LogP contribution in [-0.4, -0.2) is 90.7 Å². The number of aliphatic carboxylic acids is 1. The van der Waals surface area contributed by atoms with Crippen LogP contribution >= 0.6 is 0 Å². The standard InChI is InChI=1S/C38H54N6O9S/c1-22-23(2)31(24(3)26-21-38(7,8)52-30(22)26)54(50,51)43-35(39)40-18-12-16-27(34(47)48)41-32(45)29-17-13-19-44(29)33(46)28(20-25-14-10-9-11-15-25)42-36(49)53-37(4,5)6/h9-11,14-15,27-29H,12-13,16-21H2,1-8H3,(H,41,45)(H,42,49)(H,47,48)(H3,39,40,43)/t27-,28+,29-/m0/s1. The molecule has 2 aromatic carbocycles. The molecular formula is C38H54N6O9S. The zero-order valence-corrected chi connectivity index (χ0v) is 33.2. The normalized spacial score (nSPS) is 17.4. The molecule has 296 valence electrons. The summed E-state index contributed by atoms with van der Waals surface area (Å²) in [5.41, 5.74) is 2.14. The number of carboxylic acid groups (broad SMARTS) is 1. The Morgan fingerprint density at radius 1 is 1.04 bits per heavy atom. The molecule has 0 spiro atoms. The monoisotopic (exact) mass is 770 g/mol. The quantitative estimate of drug-likeness (QED) is 0.0989. The van der Waals surface area contributed by atoms with E-state index in [0.717, 1.165) is 16.7 Å². The summed E-state index contributed by atoms with van der Waals surface area (Å²) in [5.74, 6) is -2.20. The average molecular weight is 771 g/mol. The molecule has 2 aromatic rings. The predicted molar refractivity (Wildman–Crippen MR) is 202 cm³/mol. The maximum atomic E-state index is 13.9. The molecule has 1 saturated heterocycles. The number of amides is 3. The molecule has 2 aliphatic heterocycles. The number of carbonyl (C=O) groups is 4. The van der Waals surface area contributed by atoms with Gasteiger partial charge in [-0.25, -0.2) is 22.7 Å². The van der Waals surface area contributed by atoms with Crippen molar-refractivity contribution in [1.29, 1.82) is 5.41 Å². The van der Waals surface area contributed by atoms with Crippen LogP contribution in [0.25, 0.3) is 0 Å². The van der Waals surface area contributed by atoms with E-state index in [1.165, 1.54) is 4.90 Å². The highest BCUT2D eigenvalue weighted by Gasteiger charge is 2.40. The van der Waals surface area contributed by atoms with Gasteiger partial charge in [-0.05, 0) is 103 Å². The zero-order chi connectivity index (χ0) is 40.2. The van der Waals surface area contributed by atoms with Crippen molar-refractivity contribution in [1.82, 2.24) is 25.6 Å². The fourth-order valence-electron chi connectivity index (χ4n) is 6.92. The van der Waals surface area contributed by atoms with Gasteiger partial charge in [0.25, 0.3) is 10.0 Å². The SMILES string of the molecule is Cc1c(C)c(S(=O)(=O)NC(=N)NCCC[C@H](NC(=O)[C@@H]2CCCN2C(=O)[C@@H](Cc2ccccc2)NC(=O)OC(C)(C)C)C(=O)O)c(C)c2c1OC(C)(C)C2. The molecule has 3 atom stereocenters. The average Bonchev–Trinajstić information content (AvgIpc) is 3.68. The maximum Gasteiger partial charge on any atom is 0.408 e. The molecule has 54 heavy (non-hydrogen) atoms. The van der Waals surface area contributed by atoms with Crippen molar-refractivity contribution in [2.45, 2.75) is 128 Å². The molecule has 3 amide bonds. The first-order valence-electron chi connectivity index (χ1n) is 18.1. The number of guanidine groups is 1. The third-order valence-corrected chi connectivity index (χ3v) is 11.1.